The van der Waals surface area contributed by atoms with Crippen molar-refractivity contribution in [3.8, 4) is 11.5 Å². The zero-order valence-electron chi connectivity index (χ0n) is 21.3. The van der Waals surface area contributed by atoms with Crippen molar-refractivity contribution in [2.75, 3.05) is 0 Å². The molecule has 0 aromatic heterocycles. The fourth-order valence-electron chi connectivity index (χ4n) is 5.21. The van der Waals surface area contributed by atoms with Crippen LogP contribution >= 0.6 is 11.6 Å². The van der Waals surface area contributed by atoms with Gasteiger partial charge in [-0.1, -0.05) is 72.8 Å². The molecule has 4 aromatic carbocycles. The van der Waals surface area contributed by atoms with Crippen LogP contribution in [0.25, 0.3) is 0 Å². The Morgan fingerprint density at radius 3 is 1.87 bits per heavy atom. The molecule has 0 bridgehead atoms. The molecule has 5 rings (SSSR count). The van der Waals surface area contributed by atoms with Crippen LogP contribution < -0.4 is 9.47 Å². The molecule has 0 N–H and O–H groups in total. The van der Waals surface area contributed by atoms with Crippen molar-refractivity contribution < 1.29 is 19.1 Å². The van der Waals surface area contributed by atoms with Crippen LogP contribution in [0, 0.1) is 6.92 Å². The van der Waals surface area contributed by atoms with E-state index in [1.807, 2.05) is 61.5 Å². The average molecular weight is 525 g/mol. The minimum Gasteiger partial charge on any atom is -0.423 e. The largest absolute Gasteiger partial charge is 0.423 e. The summed E-state index contributed by atoms with van der Waals surface area (Å²) in [7, 11) is 0. The Labute approximate surface area is 228 Å². The lowest BCUT2D eigenvalue weighted by molar-refractivity contribution is 0.0724. The van der Waals surface area contributed by atoms with Crippen LogP contribution in [0.3, 0.4) is 0 Å². The summed E-state index contributed by atoms with van der Waals surface area (Å²) in [4.78, 5) is 25.3. The third-order valence-corrected chi connectivity index (χ3v) is 7.54. The quantitative estimate of drug-likeness (QED) is 0.188. The number of ether oxygens (including phenoxy) is 2. The van der Waals surface area contributed by atoms with E-state index in [-0.39, 0.29) is 11.4 Å². The maximum Gasteiger partial charge on any atom is 0.343 e. The van der Waals surface area contributed by atoms with Crippen molar-refractivity contribution in [1.82, 2.24) is 0 Å². The predicted octanol–water partition coefficient (Wildman–Crippen LogP) is 8.34. The lowest BCUT2D eigenvalue weighted by atomic mass is 9.65. The highest BCUT2D eigenvalue weighted by Crippen LogP contribution is 2.46. The van der Waals surface area contributed by atoms with Gasteiger partial charge in [0.1, 0.15) is 11.5 Å². The lowest BCUT2D eigenvalue weighted by Crippen LogP contribution is -2.30. The van der Waals surface area contributed by atoms with Gasteiger partial charge in [0, 0.05) is 10.4 Å². The van der Waals surface area contributed by atoms with Gasteiger partial charge in [-0.05, 0) is 91.6 Å². The zero-order valence-corrected chi connectivity index (χ0v) is 22.0. The Bertz CT molecular complexity index is 1420. The summed E-state index contributed by atoms with van der Waals surface area (Å²) >= 11 is 5.92. The Balaban J connectivity index is 1.38. The molecule has 0 aliphatic heterocycles. The predicted molar refractivity (Wildman–Crippen MR) is 149 cm³/mol. The van der Waals surface area contributed by atoms with E-state index in [0.717, 1.165) is 42.4 Å². The van der Waals surface area contributed by atoms with Crippen molar-refractivity contribution in [2.45, 2.75) is 44.4 Å². The molecule has 1 fully saturated rings. The molecule has 0 spiro atoms. The minimum absolute atomic E-state index is 0.205. The van der Waals surface area contributed by atoms with Gasteiger partial charge in [-0.25, -0.2) is 9.59 Å². The van der Waals surface area contributed by atoms with Crippen molar-refractivity contribution >= 4 is 23.5 Å². The van der Waals surface area contributed by atoms with Gasteiger partial charge >= 0.3 is 11.9 Å². The van der Waals surface area contributed by atoms with Gasteiger partial charge in [0.25, 0.3) is 0 Å². The van der Waals surface area contributed by atoms with Crippen LogP contribution in [0.2, 0.25) is 5.02 Å². The molecular weight excluding hydrogens is 496 g/mol. The summed E-state index contributed by atoms with van der Waals surface area (Å²) in [5, 5.41) is 0.567. The molecule has 1 aliphatic rings. The molecule has 1 aliphatic carbocycles. The van der Waals surface area contributed by atoms with Crippen LogP contribution in [0.15, 0.2) is 97.1 Å². The molecule has 0 atom stereocenters. The van der Waals surface area contributed by atoms with Crippen LogP contribution in [0.1, 0.15) is 69.5 Å². The number of esters is 2. The molecule has 5 heteroatoms. The van der Waals surface area contributed by atoms with Gasteiger partial charge in [-0.2, -0.15) is 0 Å². The molecule has 0 amide bonds. The van der Waals surface area contributed by atoms with E-state index in [1.165, 1.54) is 6.42 Å². The third-order valence-electron chi connectivity index (χ3n) is 7.29. The molecule has 192 valence electrons. The molecule has 0 saturated heterocycles. The standard InChI is InChI=1S/C33H29ClO4/c1-23-8-10-24(11-9-23)32(36)38-30-7-5-6-27(22-30)33(20-3-2-4-21-33)26-14-18-29(19-15-26)37-31(35)25-12-16-28(34)17-13-25/h5-19,22H,2-4,20-21H2,1H3. The first-order valence-electron chi connectivity index (χ1n) is 12.9. The van der Waals surface area contributed by atoms with E-state index in [2.05, 4.69) is 6.07 Å². The summed E-state index contributed by atoms with van der Waals surface area (Å²) < 4.78 is 11.4. The second kappa shape index (κ2) is 11.2. The van der Waals surface area contributed by atoms with Gasteiger partial charge < -0.3 is 9.47 Å². The highest BCUT2D eigenvalue weighted by Gasteiger charge is 2.36. The molecule has 0 unspecified atom stereocenters. The number of rotatable bonds is 6. The monoisotopic (exact) mass is 524 g/mol. The Kier molecular flexibility index (Phi) is 7.62. The number of aryl methyl sites for hydroxylation is 1. The summed E-state index contributed by atoms with van der Waals surface area (Å²) in [5.74, 6) is 0.226. The maximum absolute atomic E-state index is 12.7. The average Bonchev–Trinajstić information content (AvgIpc) is 2.94. The number of carbonyl (C=O) groups is 2. The molecule has 0 radical (unpaired) electrons. The van der Waals surface area contributed by atoms with Gasteiger partial charge in [0.05, 0.1) is 11.1 Å². The van der Waals surface area contributed by atoms with Gasteiger partial charge in [0.2, 0.25) is 0 Å². The van der Waals surface area contributed by atoms with Crippen molar-refractivity contribution in [3.63, 3.8) is 0 Å². The smallest absolute Gasteiger partial charge is 0.343 e. The number of hydrogen-bond acceptors (Lipinski definition) is 4. The first-order chi connectivity index (χ1) is 18.4. The van der Waals surface area contributed by atoms with E-state index < -0.39 is 5.97 Å². The molecular formula is C33H29ClO4. The number of halogens is 1. The summed E-state index contributed by atoms with van der Waals surface area (Å²) in [6.07, 6.45) is 5.40. The highest BCUT2D eigenvalue weighted by atomic mass is 35.5. The Morgan fingerprint density at radius 2 is 1.24 bits per heavy atom. The van der Waals surface area contributed by atoms with Crippen LogP contribution in [-0.4, -0.2) is 11.9 Å². The molecule has 1 saturated carbocycles. The van der Waals surface area contributed by atoms with Gasteiger partial charge in [0.15, 0.2) is 0 Å². The fraction of sp³-hybridized carbons (Fsp3) is 0.212. The van der Waals surface area contributed by atoms with E-state index in [1.54, 1.807) is 36.4 Å². The minimum atomic E-state index is -0.426. The van der Waals surface area contributed by atoms with Gasteiger partial charge in [-0.3, -0.25) is 0 Å². The zero-order chi connectivity index (χ0) is 26.5. The normalized spacial score (nSPS) is 14.5. The van der Waals surface area contributed by atoms with Crippen molar-refractivity contribution in [1.29, 1.82) is 0 Å². The number of carbonyl (C=O) groups excluding carboxylic acids is 2. The van der Waals surface area contributed by atoms with Crippen molar-refractivity contribution in [3.05, 3.63) is 130 Å². The van der Waals surface area contributed by atoms with Crippen LogP contribution in [-0.2, 0) is 5.41 Å². The van der Waals surface area contributed by atoms with Crippen molar-refractivity contribution in [2.24, 2.45) is 0 Å². The fourth-order valence-corrected chi connectivity index (χ4v) is 5.33. The first kappa shape index (κ1) is 25.7. The SMILES string of the molecule is Cc1ccc(C(=O)Oc2cccc(C3(c4ccc(OC(=O)c5ccc(Cl)cc5)cc4)CCCCC3)c2)cc1. The van der Waals surface area contributed by atoms with E-state index in [0.29, 0.717) is 27.6 Å². The summed E-state index contributed by atoms with van der Waals surface area (Å²) in [6, 6.07) is 29.7. The number of hydrogen-bond donors (Lipinski definition) is 0. The Morgan fingerprint density at radius 1 is 0.658 bits per heavy atom. The summed E-state index contributed by atoms with van der Waals surface area (Å²) in [6.45, 7) is 1.98. The third kappa shape index (κ3) is 5.66. The second-order valence-corrected chi connectivity index (χ2v) is 10.3. The summed E-state index contributed by atoms with van der Waals surface area (Å²) in [5.41, 5.74) is 4.14. The molecule has 38 heavy (non-hydrogen) atoms. The molecule has 4 nitrogen and oxygen atoms in total. The Hall–Kier alpha value is -3.89. The van der Waals surface area contributed by atoms with Crippen LogP contribution in [0.4, 0.5) is 0 Å². The van der Waals surface area contributed by atoms with Gasteiger partial charge in [-0.15, -0.1) is 0 Å². The number of benzene rings is 4. The van der Waals surface area contributed by atoms with E-state index in [9.17, 15) is 9.59 Å². The first-order valence-corrected chi connectivity index (χ1v) is 13.3. The highest BCUT2D eigenvalue weighted by molar-refractivity contribution is 6.30. The second-order valence-electron chi connectivity index (χ2n) is 9.85. The lowest BCUT2D eigenvalue weighted by Gasteiger charge is -2.39. The van der Waals surface area contributed by atoms with E-state index in [4.69, 9.17) is 21.1 Å². The van der Waals surface area contributed by atoms with E-state index >= 15 is 0 Å². The topological polar surface area (TPSA) is 52.6 Å². The maximum atomic E-state index is 12.7. The van der Waals surface area contributed by atoms with Crippen LogP contribution in [0.5, 0.6) is 11.5 Å². The molecule has 4 aromatic rings. The molecule has 0 heterocycles.